The number of aryl methyl sites for hydroxylation is 1. The van der Waals surface area contributed by atoms with Crippen molar-refractivity contribution in [2.24, 2.45) is 0 Å². The minimum absolute atomic E-state index is 0.0380. The van der Waals surface area contributed by atoms with Gasteiger partial charge in [-0.3, -0.25) is 19.7 Å². The smallest absolute Gasteiger partial charge is 0.379 e. The fourth-order valence-electron chi connectivity index (χ4n) is 2.80. The molecule has 1 aromatic carbocycles. The van der Waals surface area contributed by atoms with Gasteiger partial charge in [0.2, 0.25) is 0 Å². The number of aromatic nitrogens is 3. The van der Waals surface area contributed by atoms with Gasteiger partial charge in [-0.15, -0.1) is 0 Å². The van der Waals surface area contributed by atoms with Crippen LogP contribution in [0.1, 0.15) is 46.2 Å². The molecular formula is C21H19F3N4O2. The van der Waals surface area contributed by atoms with Gasteiger partial charge in [0, 0.05) is 29.7 Å². The van der Waals surface area contributed by atoms with E-state index in [-0.39, 0.29) is 11.1 Å². The van der Waals surface area contributed by atoms with Crippen molar-refractivity contribution in [3.63, 3.8) is 0 Å². The molecular weight excluding hydrogens is 397 g/mol. The van der Waals surface area contributed by atoms with Gasteiger partial charge in [0.15, 0.2) is 6.10 Å². The lowest BCUT2D eigenvalue weighted by Gasteiger charge is -2.18. The normalized spacial score (nSPS) is 13.5. The van der Waals surface area contributed by atoms with Gasteiger partial charge < -0.3 is 10.4 Å². The average Bonchev–Trinajstić information content (AvgIpc) is 2.73. The van der Waals surface area contributed by atoms with E-state index in [1.165, 1.54) is 30.7 Å². The second-order valence-electron chi connectivity index (χ2n) is 6.83. The molecule has 0 aliphatic heterocycles. The van der Waals surface area contributed by atoms with E-state index in [1.807, 2.05) is 6.92 Å². The molecule has 0 saturated heterocycles. The molecule has 0 bridgehead atoms. The third-order valence-corrected chi connectivity index (χ3v) is 4.42. The molecule has 0 saturated carbocycles. The molecule has 0 radical (unpaired) electrons. The number of nitrogens with one attached hydrogen (secondary N) is 1. The van der Waals surface area contributed by atoms with E-state index in [0.29, 0.717) is 11.4 Å². The van der Waals surface area contributed by atoms with Crippen molar-refractivity contribution in [2.45, 2.75) is 32.2 Å². The first-order chi connectivity index (χ1) is 14.1. The molecule has 3 rings (SSSR count). The summed E-state index contributed by atoms with van der Waals surface area (Å²) < 4.78 is 39.3. The predicted molar refractivity (Wildman–Crippen MR) is 103 cm³/mol. The lowest BCUT2D eigenvalue weighted by atomic mass is 9.98. The highest BCUT2D eigenvalue weighted by Crippen LogP contribution is 2.35. The van der Waals surface area contributed by atoms with Crippen LogP contribution in [0, 0.1) is 6.92 Å². The third kappa shape index (κ3) is 4.98. The monoisotopic (exact) mass is 416 g/mol. The van der Waals surface area contributed by atoms with Crippen LogP contribution in [0.2, 0.25) is 0 Å². The van der Waals surface area contributed by atoms with Crippen LogP contribution in [0.15, 0.2) is 55.1 Å². The highest BCUT2D eigenvalue weighted by atomic mass is 19.4. The SMILES string of the molecule is Cc1ccc(-c2cc(C(=O)N[C@H](C)c3cnccn3)cc(C(O)C(F)(F)F)c2)nc1. The fraction of sp³-hybridized carbons (Fsp3) is 0.238. The number of hydrogen-bond donors (Lipinski definition) is 2. The number of halogens is 3. The molecule has 0 aliphatic carbocycles. The van der Waals surface area contributed by atoms with Gasteiger partial charge in [0.25, 0.3) is 5.91 Å². The van der Waals surface area contributed by atoms with E-state index >= 15 is 0 Å². The summed E-state index contributed by atoms with van der Waals surface area (Å²) in [6, 6.07) is 6.50. The van der Waals surface area contributed by atoms with Crippen LogP contribution in [0.4, 0.5) is 13.2 Å². The Morgan fingerprint density at radius 1 is 1.10 bits per heavy atom. The Balaban J connectivity index is 1.98. The topological polar surface area (TPSA) is 88.0 Å². The number of hydrogen-bond acceptors (Lipinski definition) is 5. The van der Waals surface area contributed by atoms with Crippen LogP contribution < -0.4 is 5.32 Å². The zero-order valence-electron chi connectivity index (χ0n) is 16.2. The second kappa shape index (κ2) is 8.58. The molecule has 30 heavy (non-hydrogen) atoms. The lowest BCUT2D eigenvalue weighted by molar-refractivity contribution is -0.206. The van der Waals surface area contributed by atoms with Gasteiger partial charge in [-0.25, -0.2) is 0 Å². The molecule has 2 heterocycles. The number of rotatable bonds is 5. The first-order valence-electron chi connectivity index (χ1n) is 9.04. The van der Waals surface area contributed by atoms with Gasteiger partial charge >= 0.3 is 6.18 Å². The molecule has 156 valence electrons. The maximum absolute atomic E-state index is 13.1. The van der Waals surface area contributed by atoms with E-state index in [2.05, 4.69) is 20.3 Å². The molecule has 6 nitrogen and oxygen atoms in total. The second-order valence-corrected chi connectivity index (χ2v) is 6.83. The van der Waals surface area contributed by atoms with Gasteiger partial charge in [0.05, 0.1) is 23.6 Å². The van der Waals surface area contributed by atoms with Crippen molar-refractivity contribution in [1.82, 2.24) is 20.3 Å². The summed E-state index contributed by atoms with van der Waals surface area (Å²) in [5, 5.41) is 12.4. The van der Waals surface area contributed by atoms with Crippen molar-refractivity contribution in [2.75, 3.05) is 0 Å². The molecule has 3 aromatic rings. The van der Waals surface area contributed by atoms with Crippen molar-refractivity contribution in [3.05, 3.63) is 77.5 Å². The fourth-order valence-corrected chi connectivity index (χ4v) is 2.80. The molecule has 2 N–H and O–H groups in total. The summed E-state index contributed by atoms with van der Waals surface area (Å²) in [4.78, 5) is 25.0. The highest BCUT2D eigenvalue weighted by Gasteiger charge is 2.39. The highest BCUT2D eigenvalue weighted by molar-refractivity contribution is 5.96. The van der Waals surface area contributed by atoms with Crippen molar-refractivity contribution < 1.29 is 23.1 Å². The maximum Gasteiger partial charge on any atom is 0.418 e. The van der Waals surface area contributed by atoms with Crippen LogP contribution in [0.3, 0.4) is 0 Å². The molecule has 2 aromatic heterocycles. The zero-order valence-corrected chi connectivity index (χ0v) is 16.2. The van der Waals surface area contributed by atoms with Gasteiger partial charge in [-0.1, -0.05) is 6.07 Å². The minimum atomic E-state index is -4.88. The number of benzene rings is 1. The Hall–Kier alpha value is -3.33. The van der Waals surface area contributed by atoms with Crippen LogP contribution in [0.25, 0.3) is 11.3 Å². The van der Waals surface area contributed by atoms with Crippen molar-refractivity contribution in [1.29, 1.82) is 0 Å². The number of alkyl halides is 3. The van der Waals surface area contributed by atoms with Crippen molar-refractivity contribution in [3.8, 4) is 11.3 Å². The summed E-state index contributed by atoms with van der Waals surface area (Å²) >= 11 is 0. The Morgan fingerprint density at radius 2 is 1.87 bits per heavy atom. The number of amides is 1. The molecule has 2 atom stereocenters. The average molecular weight is 416 g/mol. The molecule has 1 amide bonds. The summed E-state index contributed by atoms with van der Waals surface area (Å²) in [5.74, 6) is -0.613. The third-order valence-electron chi connectivity index (χ3n) is 4.42. The maximum atomic E-state index is 13.1. The zero-order chi connectivity index (χ0) is 21.9. The number of carbonyl (C=O) groups excluding carboxylic acids is 1. The van der Waals surface area contributed by atoms with E-state index in [4.69, 9.17) is 0 Å². The number of pyridine rings is 1. The van der Waals surface area contributed by atoms with Crippen LogP contribution >= 0.6 is 0 Å². The van der Waals surface area contributed by atoms with Gasteiger partial charge in [-0.2, -0.15) is 13.2 Å². The summed E-state index contributed by atoms with van der Waals surface area (Å²) in [7, 11) is 0. The van der Waals surface area contributed by atoms with E-state index in [0.717, 1.165) is 11.6 Å². The Labute approximate surface area is 170 Å². The number of carbonyl (C=O) groups is 1. The van der Waals surface area contributed by atoms with E-state index < -0.39 is 29.8 Å². The minimum Gasteiger partial charge on any atom is -0.379 e. The largest absolute Gasteiger partial charge is 0.418 e. The van der Waals surface area contributed by atoms with Crippen LogP contribution in [0.5, 0.6) is 0 Å². The summed E-state index contributed by atoms with van der Waals surface area (Å²) in [6.45, 7) is 3.51. The Morgan fingerprint density at radius 3 is 2.47 bits per heavy atom. The van der Waals surface area contributed by atoms with Gasteiger partial charge in [0.1, 0.15) is 0 Å². The number of aliphatic hydroxyl groups is 1. The first-order valence-corrected chi connectivity index (χ1v) is 9.04. The number of nitrogens with zero attached hydrogens (tertiary/aromatic N) is 3. The summed E-state index contributed by atoms with van der Waals surface area (Å²) in [6.07, 6.45) is -1.60. The molecule has 1 unspecified atom stereocenters. The van der Waals surface area contributed by atoms with Crippen molar-refractivity contribution >= 4 is 5.91 Å². The van der Waals surface area contributed by atoms with Crippen LogP contribution in [-0.2, 0) is 0 Å². The molecule has 0 fully saturated rings. The Bertz CT molecular complexity index is 1020. The number of aliphatic hydroxyl groups excluding tert-OH is 1. The molecule has 9 heteroatoms. The standard InChI is InChI=1S/C21H19F3N4O2/c1-12-3-4-17(27-10-12)14-7-15(19(29)21(22,23)24)9-16(8-14)20(30)28-13(2)18-11-25-5-6-26-18/h3-11,13,19,29H,1-2H3,(H,28,30)/t13-,19?/m1/s1. The van der Waals surface area contributed by atoms with E-state index in [9.17, 15) is 23.1 Å². The lowest BCUT2D eigenvalue weighted by Crippen LogP contribution is -2.28. The Kier molecular flexibility index (Phi) is 6.12. The van der Waals surface area contributed by atoms with Crippen LogP contribution in [-0.4, -0.2) is 32.1 Å². The van der Waals surface area contributed by atoms with Gasteiger partial charge in [-0.05, 0) is 49.2 Å². The first kappa shape index (κ1) is 21.4. The predicted octanol–water partition coefficient (Wildman–Crippen LogP) is 3.93. The summed E-state index contributed by atoms with van der Waals surface area (Å²) in [5.41, 5.74) is 1.56. The van der Waals surface area contributed by atoms with E-state index in [1.54, 1.807) is 25.3 Å². The molecule has 0 aliphatic rings. The molecule has 0 spiro atoms. The quantitative estimate of drug-likeness (QED) is 0.658.